The molecule has 0 radical (unpaired) electrons. The van der Waals surface area contributed by atoms with Crippen molar-refractivity contribution in [1.82, 2.24) is 9.80 Å². The maximum atomic E-state index is 13.5. The Labute approximate surface area is 180 Å². The van der Waals surface area contributed by atoms with Gasteiger partial charge >= 0.3 is 0 Å². The fourth-order valence-corrected chi connectivity index (χ4v) is 3.99. The van der Waals surface area contributed by atoms with Crippen molar-refractivity contribution >= 4 is 28.5 Å². The topological polar surface area (TPSA) is 65.8 Å². The van der Waals surface area contributed by atoms with E-state index in [-0.39, 0.29) is 29.9 Å². The van der Waals surface area contributed by atoms with Gasteiger partial charge in [-0.1, -0.05) is 25.1 Å². The number of fused-ring (bicyclic) bond motifs is 1. The molecule has 1 saturated heterocycles. The van der Waals surface area contributed by atoms with Gasteiger partial charge in [-0.15, -0.1) is 0 Å². The molecule has 0 unspecified atom stereocenters. The molecular formula is C24H26FN3O3. The lowest BCUT2D eigenvalue weighted by molar-refractivity contribution is -0.117. The number of hydrogen-bond donors (Lipinski definition) is 1. The summed E-state index contributed by atoms with van der Waals surface area (Å²) in [7, 11) is 0. The second kappa shape index (κ2) is 8.89. The molecule has 2 amide bonds. The molecule has 4 rings (SSSR count). The van der Waals surface area contributed by atoms with E-state index in [0.29, 0.717) is 42.7 Å². The Morgan fingerprint density at radius 1 is 1.10 bits per heavy atom. The second-order valence-electron chi connectivity index (χ2n) is 7.82. The molecule has 7 heteroatoms. The van der Waals surface area contributed by atoms with E-state index in [0.717, 1.165) is 17.7 Å². The number of aryl methyl sites for hydroxylation is 2. The molecule has 31 heavy (non-hydrogen) atoms. The van der Waals surface area contributed by atoms with Crippen molar-refractivity contribution in [3.8, 4) is 0 Å². The molecule has 162 valence electrons. The Morgan fingerprint density at radius 2 is 1.84 bits per heavy atom. The average Bonchev–Trinajstić information content (AvgIpc) is 3.10. The van der Waals surface area contributed by atoms with Crippen LogP contribution >= 0.6 is 0 Å². The van der Waals surface area contributed by atoms with Gasteiger partial charge in [0.1, 0.15) is 11.4 Å². The van der Waals surface area contributed by atoms with Crippen molar-refractivity contribution < 1.29 is 18.4 Å². The smallest absolute Gasteiger partial charge is 0.289 e. The molecule has 2 heterocycles. The zero-order chi connectivity index (χ0) is 22.0. The van der Waals surface area contributed by atoms with Gasteiger partial charge in [-0.05, 0) is 43.2 Å². The number of halogens is 1. The highest BCUT2D eigenvalue weighted by Gasteiger charge is 2.27. The van der Waals surface area contributed by atoms with Crippen LogP contribution in [0.15, 0.2) is 46.9 Å². The molecule has 0 saturated carbocycles. The zero-order valence-corrected chi connectivity index (χ0v) is 17.8. The lowest BCUT2D eigenvalue weighted by Gasteiger charge is -2.34. The number of carbonyl (C=O) groups excluding carboxylic acids is 2. The molecule has 0 bridgehead atoms. The van der Waals surface area contributed by atoms with Crippen LogP contribution < -0.4 is 5.32 Å². The molecule has 1 fully saturated rings. The summed E-state index contributed by atoms with van der Waals surface area (Å²) in [6, 6.07) is 12.0. The number of benzene rings is 2. The number of nitrogens with one attached hydrogen (secondary N) is 1. The minimum Gasteiger partial charge on any atom is -0.451 e. The summed E-state index contributed by atoms with van der Waals surface area (Å²) in [4.78, 5) is 29.2. The predicted octanol–water partition coefficient (Wildman–Crippen LogP) is 3.84. The van der Waals surface area contributed by atoms with Crippen LogP contribution in [0, 0.1) is 12.7 Å². The third-order valence-electron chi connectivity index (χ3n) is 5.79. The number of rotatable bonds is 5. The second-order valence-corrected chi connectivity index (χ2v) is 7.82. The minimum atomic E-state index is -0.358. The van der Waals surface area contributed by atoms with Crippen LogP contribution in [0.4, 0.5) is 10.1 Å². The minimum absolute atomic E-state index is 0.0594. The number of carbonyl (C=O) groups is 2. The molecule has 2 aromatic carbocycles. The van der Waals surface area contributed by atoms with E-state index in [9.17, 15) is 14.0 Å². The molecular weight excluding hydrogens is 397 g/mol. The van der Waals surface area contributed by atoms with Crippen molar-refractivity contribution in [3.63, 3.8) is 0 Å². The van der Waals surface area contributed by atoms with Crippen LogP contribution in [0.5, 0.6) is 0 Å². The summed E-state index contributed by atoms with van der Waals surface area (Å²) < 4.78 is 19.2. The fraction of sp³-hybridized carbons (Fsp3) is 0.333. The first-order chi connectivity index (χ1) is 15.0. The van der Waals surface area contributed by atoms with Gasteiger partial charge in [0.15, 0.2) is 5.76 Å². The van der Waals surface area contributed by atoms with Gasteiger partial charge in [-0.3, -0.25) is 14.5 Å². The first-order valence-electron chi connectivity index (χ1n) is 10.5. The Morgan fingerprint density at radius 3 is 2.58 bits per heavy atom. The van der Waals surface area contributed by atoms with Gasteiger partial charge in [0, 0.05) is 42.8 Å². The van der Waals surface area contributed by atoms with Gasteiger partial charge in [0.2, 0.25) is 5.91 Å². The van der Waals surface area contributed by atoms with E-state index >= 15 is 0 Å². The molecule has 1 aliphatic rings. The number of para-hydroxylation sites is 1. The first kappa shape index (κ1) is 21.1. The van der Waals surface area contributed by atoms with Crippen molar-refractivity contribution in [2.24, 2.45) is 0 Å². The SMILES string of the molecule is CCc1ccccc1NC(=O)CN1CCN(C(=O)c2oc3ccc(F)cc3c2C)CC1. The Bertz CT molecular complexity index is 1120. The highest BCUT2D eigenvalue weighted by molar-refractivity contribution is 5.99. The van der Waals surface area contributed by atoms with E-state index in [1.807, 2.05) is 29.2 Å². The normalized spacial score (nSPS) is 14.7. The molecule has 3 aromatic rings. The van der Waals surface area contributed by atoms with Gasteiger partial charge in [0.25, 0.3) is 5.91 Å². The first-order valence-corrected chi connectivity index (χ1v) is 10.5. The summed E-state index contributed by atoms with van der Waals surface area (Å²) in [6.07, 6.45) is 0.852. The Hall–Kier alpha value is -3.19. The number of nitrogens with zero attached hydrogens (tertiary/aromatic N) is 2. The maximum absolute atomic E-state index is 13.5. The average molecular weight is 423 g/mol. The van der Waals surface area contributed by atoms with Crippen molar-refractivity contribution in [1.29, 1.82) is 0 Å². The molecule has 6 nitrogen and oxygen atoms in total. The monoisotopic (exact) mass is 423 g/mol. The van der Waals surface area contributed by atoms with Crippen LogP contribution in [0.1, 0.15) is 28.6 Å². The molecule has 0 atom stereocenters. The summed E-state index contributed by atoms with van der Waals surface area (Å²) in [6.45, 7) is 6.31. The lowest BCUT2D eigenvalue weighted by atomic mass is 10.1. The summed E-state index contributed by atoms with van der Waals surface area (Å²) >= 11 is 0. The quantitative estimate of drug-likeness (QED) is 0.677. The molecule has 0 spiro atoms. The Balaban J connectivity index is 1.35. The number of piperazine rings is 1. The number of furan rings is 1. The van der Waals surface area contributed by atoms with Gasteiger partial charge in [0.05, 0.1) is 6.54 Å². The van der Waals surface area contributed by atoms with Crippen LogP contribution in [-0.4, -0.2) is 54.3 Å². The Kier molecular flexibility index (Phi) is 6.04. The summed E-state index contributed by atoms with van der Waals surface area (Å²) in [5, 5.41) is 3.61. The standard InChI is InChI=1S/C24H26FN3O3/c1-3-17-6-4-5-7-20(17)26-22(29)15-27-10-12-28(13-11-27)24(30)23-16(2)19-14-18(25)8-9-21(19)31-23/h4-9,14H,3,10-13,15H2,1-2H3,(H,26,29). The fourth-order valence-electron chi connectivity index (χ4n) is 3.99. The van der Waals surface area contributed by atoms with E-state index in [4.69, 9.17) is 4.42 Å². The molecule has 1 aromatic heterocycles. The van der Waals surface area contributed by atoms with Crippen LogP contribution in [-0.2, 0) is 11.2 Å². The molecule has 0 aliphatic carbocycles. The maximum Gasteiger partial charge on any atom is 0.289 e. The number of amides is 2. The highest BCUT2D eigenvalue weighted by atomic mass is 19.1. The van der Waals surface area contributed by atoms with Crippen LogP contribution in [0.3, 0.4) is 0 Å². The van der Waals surface area contributed by atoms with Gasteiger partial charge < -0.3 is 14.6 Å². The zero-order valence-electron chi connectivity index (χ0n) is 17.8. The van der Waals surface area contributed by atoms with E-state index in [1.165, 1.54) is 12.1 Å². The van der Waals surface area contributed by atoms with E-state index in [1.54, 1.807) is 17.9 Å². The molecule has 1 aliphatic heterocycles. The lowest BCUT2D eigenvalue weighted by Crippen LogP contribution is -2.50. The van der Waals surface area contributed by atoms with Crippen LogP contribution in [0.25, 0.3) is 11.0 Å². The molecule has 1 N–H and O–H groups in total. The third kappa shape index (κ3) is 4.46. The van der Waals surface area contributed by atoms with Crippen molar-refractivity contribution in [3.05, 3.63) is 65.2 Å². The summed E-state index contributed by atoms with van der Waals surface area (Å²) in [5.41, 5.74) is 3.11. The van der Waals surface area contributed by atoms with Crippen molar-refractivity contribution in [2.45, 2.75) is 20.3 Å². The number of anilines is 1. The summed E-state index contributed by atoms with van der Waals surface area (Å²) in [5.74, 6) is -0.363. The largest absolute Gasteiger partial charge is 0.451 e. The van der Waals surface area contributed by atoms with E-state index in [2.05, 4.69) is 12.2 Å². The van der Waals surface area contributed by atoms with E-state index < -0.39 is 0 Å². The van der Waals surface area contributed by atoms with Gasteiger partial charge in [-0.2, -0.15) is 0 Å². The van der Waals surface area contributed by atoms with Crippen molar-refractivity contribution in [2.75, 3.05) is 38.0 Å². The van der Waals surface area contributed by atoms with Crippen LogP contribution in [0.2, 0.25) is 0 Å². The highest BCUT2D eigenvalue weighted by Crippen LogP contribution is 2.27. The predicted molar refractivity (Wildman–Crippen MR) is 118 cm³/mol. The number of hydrogen-bond acceptors (Lipinski definition) is 4. The third-order valence-corrected chi connectivity index (χ3v) is 5.79. The van der Waals surface area contributed by atoms with Gasteiger partial charge in [-0.25, -0.2) is 4.39 Å².